The van der Waals surface area contributed by atoms with Crippen LogP contribution >= 0.6 is 22.6 Å². The molecule has 0 aliphatic carbocycles. The predicted octanol–water partition coefficient (Wildman–Crippen LogP) is 4.98. The maximum absolute atomic E-state index is 13.9. The van der Waals surface area contributed by atoms with Gasteiger partial charge < -0.3 is 9.30 Å². The molecule has 1 aromatic carbocycles. The van der Waals surface area contributed by atoms with Gasteiger partial charge in [0.1, 0.15) is 11.7 Å². The van der Waals surface area contributed by atoms with Crippen LogP contribution in [0.1, 0.15) is 12.0 Å². The molecule has 0 atom stereocenters. The highest BCUT2D eigenvalue weighted by Gasteiger charge is 2.35. The van der Waals surface area contributed by atoms with E-state index in [0.29, 0.717) is 16.6 Å². The third-order valence-corrected chi connectivity index (χ3v) is 6.06. The Morgan fingerprint density at radius 2 is 1.89 bits per heavy atom. The fourth-order valence-electron chi connectivity index (χ4n) is 3.66. The van der Waals surface area contributed by atoms with Crippen molar-refractivity contribution in [1.82, 2.24) is 18.7 Å². The fraction of sp³-hybridized carbons (Fsp3) is 0.292. The van der Waals surface area contributed by atoms with Gasteiger partial charge in [-0.25, -0.2) is 14.2 Å². The first-order valence-electron chi connectivity index (χ1n) is 10.7. The highest BCUT2D eigenvalue weighted by molar-refractivity contribution is 14.1. The van der Waals surface area contributed by atoms with E-state index >= 15 is 0 Å². The summed E-state index contributed by atoms with van der Waals surface area (Å²) >= 11 is 1.90. The second-order valence-corrected chi connectivity index (χ2v) is 9.14. The minimum Gasteiger partial charge on any atom is -0.385 e. The van der Waals surface area contributed by atoms with Gasteiger partial charge in [0.15, 0.2) is 11.2 Å². The SMILES string of the molecule is C=C/C(F)=C\C=C(/I)Cn1c(-c2ccccc2C(F)(F)F)nc2c1c(=O)n(CCCOC)c(=O)n2C. The van der Waals surface area contributed by atoms with Gasteiger partial charge in [-0.1, -0.05) is 24.8 Å². The zero-order valence-electron chi connectivity index (χ0n) is 19.5. The van der Waals surface area contributed by atoms with Crippen molar-refractivity contribution in [2.24, 2.45) is 7.05 Å². The van der Waals surface area contributed by atoms with Gasteiger partial charge in [0, 0.05) is 36.5 Å². The molecule has 0 radical (unpaired) electrons. The summed E-state index contributed by atoms with van der Waals surface area (Å²) < 4.78 is 64.1. The molecule has 192 valence electrons. The van der Waals surface area contributed by atoms with Crippen molar-refractivity contribution in [3.63, 3.8) is 0 Å². The Morgan fingerprint density at radius 3 is 2.53 bits per heavy atom. The number of rotatable bonds is 9. The molecule has 3 rings (SSSR count). The van der Waals surface area contributed by atoms with E-state index in [0.717, 1.165) is 27.4 Å². The molecule has 0 fully saturated rings. The maximum atomic E-state index is 13.9. The third-order valence-electron chi connectivity index (χ3n) is 5.36. The number of imidazole rings is 1. The van der Waals surface area contributed by atoms with Crippen LogP contribution in [0.3, 0.4) is 0 Å². The number of hydrogen-bond acceptors (Lipinski definition) is 4. The normalized spacial score (nSPS) is 13.0. The van der Waals surface area contributed by atoms with Crippen LogP contribution in [0.25, 0.3) is 22.6 Å². The lowest BCUT2D eigenvalue weighted by Crippen LogP contribution is -2.40. The first kappa shape index (κ1) is 27.6. The molecule has 0 aliphatic rings. The van der Waals surface area contributed by atoms with E-state index < -0.39 is 28.8 Å². The molecule has 0 amide bonds. The second kappa shape index (κ2) is 11.4. The van der Waals surface area contributed by atoms with Gasteiger partial charge in [-0.05, 0) is 53.3 Å². The van der Waals surface area contributed by atoms with Crippen LogP contribution in [0.4, 0.5) is 17.6 Å². The highest BCUT2D eigenvalue weighted by Crippen LogP contribution is 2.37. The van der Waals surface area contributed by atoms with Crippen LogP contribution < -0.4 is 11.2 Å². The molecule has 0 saturated carbocycles. The van der Waals surface area contributed by atoms with E-state index in [-0.39, 0.29) is 35.6 Å². The lowest BCUT2D eigenvalue weighted by molar-refractivity contribution is -0.137. The van der Waals surface area contributed by atoms with Gasteiger partial charge >= 0.3 is 11.9 Å². The molecular formula is C24H23F4IN4O3. The predicted molar refractivity (Wildman–Crippen MR) is 138 cm³/mol. The number of hydrogen-bond donors (Lipinski definition) is 0. The molecule has 2 heterocycles. The fourth-order valence-corrected chi connectivity index (χ4v) is 4.18. The molecule has 0 unspecified atom stereocenters. The summed E-state index contributed by atoms with van der Waals surface area (Å²) in [7, 11) is 2.89. The van der Waals surface area contributed by atoms with Gasteiger partial charge in [0.25, 0.3) is 5.56 Å². The Hall–Kier alpha value is -3.00. The van der Waals surface area contributed by atoms with Crippen molar-refractivity contribution in [3.05, 3.63) is 84.9 Å². The van der Waals surface area contributed by atoms with Gasteiger partial charge in [-0.15, -0.1) is 0 Å². The highest BCUT2D eigenvalue weighted by atomic mass is 127. The molecule has 0 spiro atoms. The third kappa shape index (κ3) is 5.69. The number of aryl methyl sites for hydroxylation is 1. The van der Waals surface area contributed by atoms with Crippen LogP contribution in [-0.4, -0.2) is 32.4 Å². The number of aromatic nitrogens is 4. The molecule has 0 aliphatic heterocycles. The van der Waals surface area contributed by atoms with Crippen molar-refractivity contribution >= 4 is 33.8 Å². The standard InChI is InChI=1S/C24H23F4IN4O3/c1-4-15(25)10-11-16(29)14-33-19-21(31(2)23(35)32(22(19)34)12-7-13-36-3)30-20(33)17-8-5-6-9-18(17)24(26,27)28/h4-6,8-11H,1,7,12-14H2,2-3H3/b15-10+,16-11-. The zero-order valence-corrected chi connectivity index (χ0v) is 21.6. The quantitative estimate of drug-likeness (QED) is 0.147. The summed E-state index contributed by atoms with van der Waals surface area (Å²) in [4.78, 5) is 30.7. The van der Waals surface area contributed by atoms with Crippen molar-refractivity contribution in [3.8, 4) is 11.4 Å². The number of ether oxygens (including phenoxy) is 1. The van der Waals surface area contributed by atoms with Crippen LogP contribution in [0.2, 0.25) is 0 Å². The van der Waals surface area contributed by atoms with E-state index in [1.165, 1.54) is 43.0 Å². The molecule has 2 aromatic heterocycles. The zero-order chi connectivity index (χ0) is 26.6. The topological polar surface area (TPSA) is 71.1 Å². The number of methoxy groups -OCH3 is 1. The van der Waals surface area contributed by atoms with Crippen molar-refractivity contribution < 1.29 is 22.3 Å². The molecule has 7 nitrogen and oxygen atoms in total. The number of halogens is 5. The van der Waals surface area contributed by atoms with E-state index in [9.17, 15) is 27.2 Å². The van der Waals surface area contributed by atoms with Crippen LogP contribution in [0.5, 0.6) is 0 Å². The smallest absolute Gasteiger partial charge is 0.385 e. The Labute approximate surface area is 217 Å². The lowest BCUT2D eigenvalue weighted by Gasteiger charge is -2.14. The van der Waals surface area contributed by atoms with Gasteiger partial charge in [-0.2, -0.15) is 13.2 Å². The van der Waals surface area contributed by atoms with E-state index in [1.54, 1.807) is 0 Å². The Balaban J connectivity index is 2.38. The van der Waals surface area contributed by atoms with Crippen LogP contribution in [0, 0.1) is 0 Å². The number of alkyl halides is 3. The molecule has 0 bridgehead atoms. The number of benzene rings is 1. The molecular weight excluding hydrogens is 595 g/mol. The Morgan fingerprint density at radius 1 is 1.19 bits per heavy atom. The van der Waals surface area contributed by atoms with Gasteiger partial charge in [0.05, 0.1) is 12.1 Å². The number of nitrogens with zero attached hydrogens (tertiary/aromatic N) is 4. The molecule has 0 N–H and O–H groups in total. The molecule has 12 heteroatoms. The van der Waals surface area contributed by atoms with Crippen molar-refractivity contribution in [1.29, 1.82) is 0 Å². The Kier molecular flexibility index (Phi) is 8.71. The monoisotopic (exact) mass is 618 g/mol. The number of fused-ring (bicyclic) bond motifs is 1. The minimum absolute atomic E-state index is 0.0442. The van der Waals surface area contributed by atoms with E-state index in [1.807, 2.05) is 22.6 Å². The molecule has 3 aromatic rings. The van der Waals surface area contributed by atoms with Gasteiger partial charge in [0.2, 0.25) is 0 Å². The summed E-state index contributed by atoms with van der Waals surface area (Å²) in [6.45, 7) is 3.59. The van der Waals surface area contributed by atoms with Crippen molar-refractivity contribution in [2.75, 3.05) is 13.7 Å². The summed E-state index contributed by atoms with van der Waals surface area (Å²) in [5.41, 5.74) is -2.64. The summed E-state index contributed by atoms with van der Waals surface area (Å²) in [5, 5.41) is 0. The van der Waals surface area contributed by atoms with Crippen molar-refractivity contribution in [2.45, 2.75) is 25.7 Å². The maximum Gasteiger partial charge on any atom is 0.417 e. The first-order valence-corrected chi connectivity index (χ1v) is 11.8. The lowest BCUT2D eigenvalue weighted by atomic mass is 10.1. The largest absolute Gasteiger partial charge is 0.417 e. The summed E-state index contributed by atoms with van der Waals surface area (Å²) in [6.07, 6.45) is -0.743. The first-order chi connectivity index (χ1) is 17.0. The summed E-state index contributed by atoms with van der Waals surface area (Å²) in [5.74, 6) is -0.749. The average molecular weight is 618 g/mol. The van der Waals surface area contributed by atoms with E-state index in [2.05, 4.69) is 11.6 Å². The average Bonchev–Trinajstić information content (AvgIpc) is 3.21. The molecule has 36 heavy (non-hydrogen) atoms. The number of allylic oxidation sites excluding steroid dienone is 5. The van der Waals surface area contributed by atoms with Gasteiger partial charge in [-0.3, -0.25) is 13.9 Å². The second-order valence-electron chi connectivity index (χ2n) is 7.75. The molecule has 0 saturated heterocycles. The van der Waals surface area contributed by atoms with E-state index in [4.69, 9.17) is 4.74 Å². The van der Waals surface area contributed by atoms with Crippen LogP contribution in [0.15, 0.2) is 68.1 Å². The minimum atomic E-state index is -4.69. The Bertz CT molecular complexity index is 1460. The van der Waals surface area contributed by atoms with Crippen LogP contribution in [-0.2, 0) is 31.1 Å². The summed E-state index contributed by atoms with van der Waals surface area (Å²) in [6, 6.07) is 4.86.